The molecule has 1 N–H and O–H groups in total. The number of halogens is 3. The van der Waals surface area contributed by atoms with E-state index >= 15 is 0 Å². The first-order valence-corrected chi connectivity index (χ1v) is 8.14. The van der Waals surface area contributed by atoms with Crippen molar-refractivity contribution in [2.45, 2.75) is 19.4 Å². The minimum atomic E-state index is -0.212. The average molecular weight is 401 g/mol. The predicted molar refractivity (Wildman–Crippen MR) is 88.4 cm³/mol. The summed E-state index contributed by atoms with van der Waals surface area (Å²) in [5, 5.41) is 3.52. The third-order valence-corrected chi connectivity index (χ3v) is 4.29. The molecule has 0 heterocycles. The zero-order chi connectivity index (χ0) is 14.5. The van der Waals surface area contributed by atoms with Gasteiger partial charge in [-0.25, -0.2) is 4.39 Å². The molecule has 1 unspecified atom stereocenters. The second-order valence-electron chi connectivity index (χ2n) is 4.60. The lowest BCUT2D eigenvalue weighted by Gasteiger charge is -2.21. The van der Waals surface area contributed by atoms with Crippen LogP contribution in [0.1, 0.15) is 30.5 Å². The van der Waals surface area contributed by atoms with E-state index in [2.05, 4.69) is 50.2 Å². The molecule has 0 fully saturated rings. The van der Waals surface area contributed by atoms with Gasteiger partial charge in [0.1, 0.15) is 5.82 Å². The molecule has 0 saturated carbocycles. The van der Waals surface area contributed by atoms with Crippen molar-refractivity contribution in [1.29, 1.82) is 0 Å². The highest BCUT2D eigenvalue weighted by Crippen LogP contribution is 2.31. The lowest BCUT2D eigenvalue weighted by atomic mass is 9.98. The van der Waals surface area contributed by atoms with Gasteiger partial charge in [0, 0.05) is 8.95 Å². The molecule has 0 amide bonds. The molecule has 106 valence electrons. The molecular formula is C16H16Br2FN. The Morgan fingerprint density at radius 3 is 2.45 bits per heavy atom. The van der Waals surface area contributed by atoms with Gasteiger partial charge in [-0.3, -0.25) is 0 Å². The standard InChI is InChI=1S/C16H16Br2FN/c1-2-9-20-16(11-3-6-13(19)7-4-11)14-10-12(17)5-8-15(14)18/h3-8,10,16,20H,2,9H2,1H3. The number of benzene rings is 2. The van der Waals surface area contributed by atoms with Crippen LogP contribution in [0.2, 0.25) is 0 Å². The zero-order valence-corrected chi connectivity index (χ0v) is 14.3. The van der Waals surface area contributed by atoms with Gasteiger partial charge in [-0.05, 0) is 54.4 Å². The first kappa shape index (κ1) is 15.7. The molecule has 4 heteroatoms. The van der Waals surface area contributed by atoms with Crippen molar-refractivity contribution in [1.82, 2.24) is 5.32 Å². The Morgan fingerprint density at radius 1 is 1.10 bits per heavy atom. The summed E-state index contributed by atoms with van der Waals surface area (Å²) < 4.78 is 15.2. The van der Waals surface area contributed by atoms with Gasteiger partial charge in [0.2, 0.25) is 0 Å². The highest BCUT2D eigenvalue weighted by molar-refractivity contribution is 9.11. The van der Waals surface area contributed by atoms with Crippen molar-refractivity contribution in [3.8, 4) is 0 Å². The van der Waals surface area contributed by atoms with Crippen LogP contribution in [-0.2, 0) is 0 Å². The fourth-order valence-electron chi connectivity index (χ4n) is 2.09. The molecular weight excluding hydrogens is 385 g/mol. The fourth-order valence-corrected chi connectivity index (χ4v) is 2.94. The number of rotatable bonds is 5. The normalized spacial score (nSPS) is 12.4. The second kappa shape index (κ2) is 7.34. The van der Waals surface area contributed by atoms with E-state index in [9.17, 15) is 4.39 Å². The molecule has 2 aromatic rings. The minimum absolute atomic E-state index is 0.0439. The predicted octanol–water partition coefficient (Wildman–Crippen LogP) is 5.44. The second-order valence-corrected chi connectivity index (χ2v) is 6.37. The smallest absolute Gasteiger partial charge is 0.123 e. The van der Waals surface area contributed by atoms with Crippen molar-refractivity contribution in [3.05, 3.63) is 68.4 Å². The van der Waals surface area contributed by atoms with Gasteiger partial charge in [0.05, 0.1) is 6.04 Å². The maximum absolute atomic E-state index is 13.1. The van der Waals surface area contributed by atoms with Crippen LogP contribution in [0.4, 0.5) is 4.39 Å². The van der Waals surface area contributed by atoms with Crippen LogP contribution in [-0.4, -0.2) is 6.54 Å². The summed E-state index contributed by atoms with van der Waals surface area (Å²) in [7, 11) is 0. The highest BCUT2D eigenvalue weighted by atomic mass is 79.9. The first-order chi connectivity index (χ1) is 9.61. The van der Waals surface area contributed by atoms with Gasteiger partial charge in [0.15, 0.2) is 0 Å². The SMILES string of the molecule is CCCNC(c1ccc(F)cc1)c1cc(Br)ccc1Br. The summed E-state index contributed by atoms with van der Waals surface area (Å²) in [6, 6.07) is 12.8. The average Bonchev–Trinajstić information content (AvgIpc) is 2.44. The van der Waals surface area contributed by atoms with Gasteiger partial charge in [-0.15, -0.1) is 0 Å². The van der Waals surface area contributed by atoms with Gasteiger partial charge < -0.3 is 5.32 Å². The van der Waals surface area contributed by atoms with Gasteiger partial charge in [0.25, 0.3) is 0 Å². The van der Waals surface area contributed by atoms with E-state index in [1.54, 1.807) is 0 Å². The maximum atomic E-state index is 13.1. The summed E-state index contributed by atoms with van der Waals surface area (Å²) in [4.78, 5) is 0. The Kier molecular flexibility index (Phi) is 5.75. The number of hydrogen-bond donors (Lipinski definition) is 1. The third kappa shape index (κ3) is 3.90. The van der Waals surface area contributed by atoms with Gasteiger partial charge >= 0.3 is 0 Å². The van der Waals surface area contributed by atoms with Crippen molar-refractivity contribution in [2.24, 2.45) is 0 Å². The van der Waals surface area contributed by atoms with Gasteiger partial charge in [-0.1, -0.05) is 50.9 Å². The van der Waals surface area contributed by atoms with Crippen molar-refractivity contribution in [2.75, 3.05) is 6.54 Å². The molecule has 2 rings (SSSR count). The van der Waals surface area contributed by atoms with Crippen LogP contribution >= 0.6 is 31.9 Å². The quantitative estimate of drug-likeness (QED) is 0.704. The summed E-state index contributed by atoms with van der Waals surface area (Å²) in [6.45, 7) is 3.03. The minimum Gasteiger partial charge on any atom is -0.306 e. The Labute approximate surface area is 135 Å². The van der Waals surface area contributed by atoms with Crippen LogP contribution in [0.25, 0.3) is 0 Å². The molecule has 0 radical (unpaired) electrons. The Balaban J connectivity index is 2.41. The van der Waals surface area contributed by atoms with E-state index < -0.39 is 0 Å². The molecule has 20 heavy (non-hydrogen) atoms. The van der Waals surface area contributed by atoms with Crippen molar-refractivity contribution >= 4 is 31.9 Å². The van der Waals surface area contributed by atoms with Gasteiger partial charge in [-0.2, -0.15) is 0 Å². The van der Waals surface area contributed by atoms with E-state index in [4.69, 9.17) is 0 Å². The monoisotopic (exact) mass is 399 g/mol. The van der Waals surface area contributed by atoms with Crippen LogP contribution in [0.5, 0.6) is 0 Å². The largest absolute Gasteiger partial charge is 0.306 e. The molecule has 0 aliphatic heterocycles. The van der Waals surface area contributed by atoms with Crippen molar-refractivity contribution < 1.29 is 4.39 Å². The lowest BCUT2D eigenvalue weighted by Crippen LogP contribution is -2.23. The summed E-state index contributed by atoms with van der Waals surface area (Å²) in [5.74, 6) is -0.212. The molecule has 0 saturated heterocycles. The molecule has 2 aromatic carbocycles. The molecule has 1 atom stereocenters. The first-order valence-electron chi connectivity index (χ1n) is 6.55. The van der Waals surface area contributed by atoms with E-state index in [0.717, 1.165) is 33.0 Å². The molecule has 0 spiro atoms. The summed E-state index contributed by atoms with van der Waals surface area (Å²) in [5.41, 5.74) is 2.19. The van der Waals surface area contributed by atoms with E-state index in [1.807, 2.05) is 24.3 Å². The Hall–Kier alpha value is -0.710. The van der Waals surface area contributed by atoms with Crippen LogP contribution in [0.3, 0.4) is 0 Å². The topological polar surface area (TPSA) is 12.0 Å². The fraction of sp³-hybridized carbons (Fsp3) is 0.250. The zero-order valence-electron chi connectivity index (χ0n) is 11.2. The molecule has 0 bridgehead atoms. The lowest BCUT2D eigenvalue weighted by molar-refractivity contribution is 0.591. The van der Waals surface area contributed by atoms with Crippen LogP contribution in [0, 0.1) is 5.82 Å². The highest BCUT2D eigenvalue weighted by Gasteiger charge is 2.16. The van der Waals surface area contributed by atoms with E-state index in [0.29, 0.717) is 0 Å². The van der Waals surface area contributed by atoms with Crippen LogP contribution < -0.4 is 5.32 Å². The number of nitrogens with one attached hydrogen (secondary N) is 1. The van der Waals surface area contributed by atoms with Crippen molar-refractivity contribution in [3.63, 3.8) is 0 Å². The molecule has 0 aliphatic rings. The molecule has 0 aromatic heterocycles. The van der Waals surface area contributed by atoms with E-state index in [1.165, 1.54) is 12.1 Å². The third-order valence-electron chi connectivity index (χ3n) is 3.07. The summed E-state index contributed by atoms with van der Waals surface area (Å²) >= 11 is 7.11. The molecule has 1 nitrogen and oxygen atoms in total. The Morgan fingerprint density at radius 2 is 1.80 bits per heavy atom. The van der Waals surface area contributed by atoms with Crippen LogP contribution in [0.15, 0.2) is 51.4 Å². The molecule has 0 aliphatic carbocycles. The summed E-state index contributed by atoms with van der Waals surface area (Å²) in [6.07, 6.45) is 1.04. The van der Waals surface area contributed by atoms with E-state index in [-0.39, 0.29) is 11.9 Å². The number of hydrogen-bond acceptors (Lipinski definition) is 1. The maximum Gasteiger partial charge on any atom is 0.123 e. The Bertz CT molecular complexity index is 569.